The van der Waals surface area contributed by atoms with Gasteiger partial charge >= 0.3 is 5.97 Å². The van der Waals surface area contributed by atoms with Crippen LogP contribution in [0.25, 0.3) is 22.4 Å². The Labute approximate surface area is 173 Å². The van der Waals surface area contributed by atoms with Gasteiger partial charge in [0.2, 0.25) is 10.0 Å². The van der Waals surface area contributed by atoms with Gasteiger partial charge in [-0.25, -0.2) is 18.4 Å². The summed E-state index contributed by atoms with van der Waals surface area (Å²) >= 11 is 6.01. The van der Waals surface area contributed by atoms with Crippen LogP contribution >= 0.6 is 11.6 Å². The normalized spacial score (nSPS) is 11.3. The molecule has 29 heavy (non-hydrogen) atoms. The Bertz CT molecular complexity index is 1170. The van der Waals surface area contributed by atoms with E-state index in [-0.39, 0.29) is 17.1 Å². The molecule has 3 aromatic rings. The number of carbonyl (C=O) groups is 1. The number of nitrogens with zero attached hydrogens (tertiary/aromatic N) is 2. The summed E-state index contributed by atoms with van der Waals surface area (Å²) in [6.45, 7) is 3.98. The number of allylic oxidation sites excluding steroid dienone is 1. The molecule has 0 fully saturated rings. The van der Waals surface area contributed by atoms with Gasteiger partial charge in [-0.05, 0) is 29.8 Å². The molecule has 150 valence electrons. The van der Waals surface area contributed by atoms with E-state index < -0.39 is 16.0 Å². The molecule has 0 aliphatic heterocycles. The maximum Gasteiger partial charge on any atom is 0.357 e. The molecular formula is C20H18ClN3O4S. The van der Waals surface area contributed by atoms with E-state index in [2.05, 4.69) is 11.7 Å². The number of halogens is 1. The molecule has 0 radical (unpaired) electrons. The van der Waals surface area contributed by atoms with Crippen molar-refractivity contribution < 1.29 is 17.9 Å². The van der Waals surface area contributed by atoms with Gasteiger partial charge in [0.15, 0.2) is 5.69 Å². The van der Waals surface area contributed by atoms with Crippen LogP contribution in [0.1, 0.15) is 10.5 Å². The van der Waals surface area contributed by atoms with Gasteiger partial charge < -0.3 is 4.74 Å². The zero-order valence-corrected chi connectivity index (χ0v) is 17.1. The fraction of sp³-hybridized carbons (Fsp3) is 0.100. The Morgan fingerprint density at radius 3 is 2.28 bits per heavy atom. The average molecular weight is 432 g/mol. The lowest BCUT2D eigenvalue weighted by Crippen LogP contribution is -2.12. The topological polar surface area (TPSA) is 104 Å². The van der Waals surface area contributed by atoms with Crippen LogP contribution in [0, 0.1) is 0 Å². The van der Waals surface area contributed by atoms with Crippen LogP contribution in [0.2, 0.25) is 5.02 Å². The molecule has 0 saturated carbocycles. The maximum atomic E-state index is 12.6. The van der Waals surface area contributed by atoms with Gasteiger partial charge in [0.05, 0.1) is 18.6 Å². The number of methoxy groups -OCH3 is 1. The number of rotatable bonds is 6. The van der Waals surface area contributed by atoms with Crippen LogP contribution in [0.4, 0.5) is 0 Å². The number of primary sulfonamides is 1. The standard InChI is InChI=1S/C20H18ClN3O4S/c1-3-12-24-19(20(25)28-2)17(13-4-8-15(21)9-5-13)18(23-24)14-6-10-16(11-7-14)29(22,26)27/h3-11H,1,12H2,2H3,(H2,22,26,27). The number of benzene rings is 2. The summed E-state index contributed by atoms with van der Waals surface area (Å²) in [5, 5.41) is 10.3. The highest BCUT2D eigenvalue weighted by atomic mass is 35.5. The van der Waals surface area contributed by atoms with Crippen LogP contribution in [-0.4, -0.2) is 31.3 Å². The van der Waals surface area contributed by atoms with Crippen molar-refractivity contribution in [2.45, 2.75) is 11.4 Å². The SMILES string of the molecule is C=CCn1nc(-c2ccc(S(N)(=O)=O)cc2)c(-c2ccc(Cl)cc2)c1C(=O)OC. The molecule has 0 saturated heterocycles. The Kier molecular flexibility index (Phi) is 5.88. The van der Waals surface area contributed by atoms with E-state index >= 15 is 0 Å². The van der Waals surface area contributed by atoms with E-state index in [1.54, 1.807) is 42.5 Å². The van der Waals surface area contributed by atoms with Crippen molar-refractivity contribution in [2.75, 3.05) is 7.11 Å². The monoisotopic (exact) mass is 431 g/mol. The molecule has 9 heteroatoms. The molecular weight excluding hydrogens is 414 g/mol. The molecule has 0 unspecified atom stereocenters. The minimum Gasteiger partial charge on any atom is -0.464 e. The summed E-state index contributed by atoms with van der Waals surface area (Å²) in [7, 11) is -2.53. The molecule has 3 rings (SSSR count). The molecule has 0 amide bonds. The zero-order chi connectivity index (χ0) is 21.2. The first kappa shape index (κ1) is 20.8. The Morgan fingerprint density at radius 1 is 1.17 bits per heavy atom. The molecule has 0 aliphatic rings. The average Bonchev–Trinajstić information content (AvgIpc) is 3.07. The predicted octanol–water partition coefficient (Wildman–Crippen LogP) is 3.49. The number of hydrogen-bond acceptors (Lipinski definition) is 5. The fourth-order valence-electron chi connectivity index (χ4n) is 2.91. The summed E-state index contributed by atoms with van der Waals surface area (Å²) in [6, 6.07) is 12.9. The quantitative estimate of drug-likeness (QED) is 0.475. The van der Waals surface area contributed by atoms with Crippen LogP contribution in [0.15, 0.2) is 66.1 Å². The lowest BCUT2D eigenvalue weighted by Gasteiger charge is -2.08. The largest absolute Gasteiger partial charge is 0.464 e. The van der Waals surface area contributed by atoms with Crippen molar-refractivity contribution in [1.82, 2.24) is 9.78 Å². The zero-order valence-electron chi connectivity index (χ0n) is 15.5. The minimum absolute atomic E-state index is 0.0204. The van der Waals surface area contributed by atoms with Gasteiger partial charge in [0, 0.05) is 16.1 Å². The number of esters is 1. The third-order valence-electron chi connectivity index (χ3n) is 4.22. The van der Waals surface area contributed by atoms with E-state index in [4.69, 9.17) is 21.5 Å². The Morgan fingerprint density at radius 2 is 1.76 bits per heavy atom. The molecule has 0 spiro atoms. The molecule has 1 aromatic heterocycles. The number of aromatic nitrogens is 2. The van der Waals surface area contributed by atoms with Gasteiger partial charge in [-0.15, -0.1) is 6.58 Å². The number of carbonyl (C=O) groups excluding carboxylic acids is 1. The summed E-state index contributed by atoms with van der Waals surface area (Å²) in [5.74, 6) is -0.559. The molecule has 0 aliphatic carbocycles. The molecule has 1 heterocycles. The van der Waals surface area contributed by atoms with Crippen molar-refractivity contribution in [3.05, 3.63) is 71.9 Å². The van der Waals surface area contributed by atoms with Crippen LogP contribution < -0.4 is 5.14 Å². The van der Waals surface area contributed by atoms with Gasteiger partial charge in [0.25, 0.3) is 0 Å². The van der Waals surface area contributed by atoms with Crippen molar-refractivity contribution in [3.63, 3.8) is 0 Å². The van der Waals surface area contributed by atoms with Crippen LogP contribution in [0.5, 0.6) is 0 Å². The van der Waals surface area contributed by atoms with Crippen molar-refractivity contribution in [2.24, 2.45) is 5.14 Å². The summed E-state index contributed by atoms with van der Waals surface area (Å²) in [5.41, 5.74) is 2.58. The number of ether oxygens (including phenoxy) is 1. The third kappa shape index (κ3) is 4.24. The number of sulfonamides is 1. The van der Waals surface area contributed by atoms with Gasteiger partial charge in [-0.3, -0.25) is 4.68 Å². The first-order chi connectivity index (χ1) is 13.8. The summed E-state index contributed by atoms with van der Waals surface area (Å²) in [6.07, 6.45) is 1.61. The Balaban J connectivity index is 2.29. The number of nitrogens with two attached hydrogens (primary N) is 1. The van der Waals surface area contributed by atoms with E-state index in [0.717, 1.165) is 0 Å². The van der Waals surface area contributed by atoms with E-state index in [1.165, 1.54) is 23.9 Å². The van der Waals surface area contributed by atoms with Crippen molar-refractivity contribution >= 4 is 27.6 Å². The van der Waals surface area contributed by atoms with Gasteiger partial charge in [-0.2, -0.15) is 5.10 Å². The molecule has 7 nitrogen and oxygen atoms in total. The molecule has 2 N–H and O–H groups in total. The summed E-state index contributed by atoms with van der Waals surface area (Å²) in [4.78, 5) is 12.5. The molecule has 2 aromatic carbocycles. The summed E-state index contributed by atoms with van der Waals surface area (Å²) < 4.78 is 29.5. The first-order valence-corrected chi connectivity index (χ1v) is 10.4. The lowest BCUT2D eigenvalue weighted by molar-refractivity contribution is 0.0588. The van der Waals surface area contributed by atoms with Gasteiger partial charge in [-0.1, -0.05) is 41.9 Å². The highest BCUT2D eigenvalue weighted by Gasteiger charge is 2.26. The van der Waals surface area contributed by atoms with Crippen LogP contribution in [0.3, 0.4) is 0 Å². The third-order valence-corrected chi connectivity index (χ3v) is 5.40. The highest BCUT2D eigenvalue weighted by molar-refractivity contribution is 7.89. The van der Waals surface area contributed by atoms with Crippen LogP contribution in [-0.2, 0) is 21.3 Å². The van der Waals surface area contributed by atoms with Crippen molar-refractivity contribution in [1.29, 1.82) is 0 Å². The van der Waals surface area contributed by atoms with Crippen molar-refractivity contribution in [3.8, 4) is 22.4 Å². The van der Waals surface area contributed by atoms with E-state index in [9.17, 15) is 13.2 Å². The smallest absolute Gasteiger partial charge is 0.357 e. The van der Waals surface area contributed by atoms with E-state index in [0.29, 0.717) is 27.4 Å². The molecule has 0 atom stereocenters. The molecule has 0 bridgehead atoms. The Hall–Kier alpha value is -2.94. The number of hydrogen-bond donors (Lipinski definition) is 1. The van der Waals surface area contributed by atoms with Gasteiger partial charge in [0.1, 0.15) is 5.69 Å². The van der Waals surface area contributed by atoms with E-state index in [1.807, 2.05) is 0 Å². The predicted molar refractivity (Wildman–Crippen MR) is 111 cm³/mol. The second-order valence-corrected chi connectivity index (χ2v) is 8.11. The fourth-order valence-corrected chi connectivity index (χ4v) is 3.56. The lowest BCUT2D eigenvalue weighted by atomic mass is 9.99. The second-order valence-electron chi connectivity index (χ2n) is 6.11. The first-order valence-electron chi connectivity index (χ1n) is 8.45. The minimum atomic E-state index is -3.83. The second kappa shape index (κ2) is 8.20. The highest BCUT2D eigenvalue weighted by Crippen LogP contribution is 2.36. The maximum absolute atomic E-state index is 12.6.